The molecule has 0 unspecified atom stereocenters. The maximum Gasteiger partial charge on any atom is 0.264 e. The summed E-state index contributed by atoms with van der Waals surface area (Å²) in [6.07, 6.45) is -0.976. The lowest BCUT2D eigenvalue weighted by Crippen LogP contribution is -2.50. The Morgan fingerprint density at radius 1 is 1.03 bits per heavy atom. The van der Waals surface area contributed by atoms with Gasteiger partial charge in [0.2, 0.25) is 0 Å². The fraction of sp³-hybridized carbons (Fsp3) is 0.296. The van der Waals surface area contributed by atoms with Gasteiger partial charge in [0.15, 0.2) is 6.10 Å². The van der Waals surface area contributed by atoms with Crippen LogP contribution in [0.2, 0.25) is 0 Å². The summed E-state index contributed by atoms with van der Waals surface area (Å²) in [6.45, 7) is 8.41. The summed E-state index contributed by atoms with van der Waals surface area (Å²) in [5.74, 6) is 0.0110. The van der Waals surface area contributed by atoms with Crippen molar-refractivity contribution < 1.29 is 17.9 Å². The SMILES string of the molecule is Cc1ccccc1CNC(=O)[C@H]1CN(S(=O)(=O)c2ccccc2)c2cc(C(C)(C)C)ccc2O1. The van der Waals surface area contributed by atoms with Crippen LogP contribution in [-0.2, 0) is 26.8 Å². The van der Waals surface area contributed by atoms with E-state index in [1.807, 2.05) is 43.3 Å². The van der Waals surface area contributed by atoms with Crippen LogP contribution < -0.4 is 14.4 Å². The number of rotatable bonds is 5. The van der Waals surface area contributed by atoms with E-state index in [1.165, 1.54) is 4.31 Å². The van der Waals surface area contributed by atoms with Crippen LogP contribution in [-0.4, -0.2) is 27.0 Å². The van der Waals surface area contributed by atoms with E-state index >= 15 is 0 Å². The smallest absolute Gasteiger partial charge is 0.264 e. The van der Waals surface area contributed by atoms with Crippen molar-refractivity contribution in [1.82, 2.24) is 5.32 Å². The van der Waals surface area contributed by atoms with Gasteiger partial charge in [-0.15, -0.1) is 0 Å². The first-order valence-corrected chi connectivity index (χ1v) is 12.7. The van der Waals surface area contributed by atoms with Gasteiger partial charge < -0.3 is 10.1 Å². The molecule has 0 aliphatic carbocycles. The normalized spacial score (nSPS) is 15.9. The second kappa shape index (κ2) is 9.14. The molecule has 178 valence electrons. The molecule has 0 spiro atoms. The maximum absolute atomic E-state index is 13.6. The molecule has 4 rings (SSSR count). The maximum atomic E-state index is 13.6. The van der Waals surface area contributed by atoms with Gasteiger partial charge in [-0.2, -0.15) is 0 Å². The Morgan fingerprint density at radius 3 is 2.38 bits per heavy atom. The molecular weight excluding hydrogens is 448 g/mol. The van der Waals surface area contributed by atoms with Gasteiger partial charge in [0.05, 0.1) is 17.1 Å². The van der Waals surface area contributed by atoms with Crippen LogP contribution in [0.4, 0.5) is 5.69 Å². The minimum Gasteiger partial charge on any atom is -0.476 e. The van der Waals surface area contributed by atoms with Gasteiger partial charge in [-0.1, -0.05) is 69.3 Å². The van der Waals surface area contributed by atoms with Gasteiger partial charge in [0.25, 0.3) is 15.9 Å². The summed E-state index contributed by atoms with van der Waals surface area (Å²) in [7, 11) is -3.90. The van der Waals surface area contributed by atoms with Crippen molar-refractivity contribution in [2.45, 2.75) is 50.7 Å². The van der Waals surface area contributed by atoms with E-state index in [2.05, 4.69) is 26.1 Å². The lowest BCUT2D eigenvalue weighted by atomic mass is 9.86. The number of benzene rings is 3. The van der Waals surface area contributed by atoms with E-state index < -0.39 is 16.1 Å². The molecular formula is C27H30N2O4S. The second-order valence-electron chi connectivity index (χ2n) is 9.53. The molecule has 0 aromatic heterocycles. The zero-order valence-electron chi connectivity index (χ0n) is 19.9. The number of amides is 1. The lowest BCUT2D eigenvalue weighted by molar-refractivity contribution is -0.127. The number of carbonyl (C=O) groups excluding carboxylic acids is 1. The second-order valence-corrected chi connectivity index (χ2v) is 11.4. The molecule has 34 heavy (non-hydrogen) atoms. The number of anilines is 1. The van der Waals surface area contributed by atoms with Crippen LogP contribution in [0.25, 0.3) is 0 Å². The number of ether oxygens (including phenoxy) is 1. The third-order valence-corrected chi connectivity index (χ3v) is 7.83. The Hall–Kier alpha value is -3.32. The molecule has 0 saturated heterocycles. The lowest BCUT2D eigenvalue weighted by Gasteiger charge is -2.36. The van der Waals surface area contributed by atoms with Crippen molar-refractivity contribution in [3.63, 3.8) is 0 Å². The third-order valence-electron chi connectivity index (χ3n) is 6.03. The van der Waals surface area contributed by atoms with E-state index in [9.17, 15) is 13.2 Å². The summed E-state index contributed by atoms with van der Waals surface area (Å²) in [5.41, 5.74) is 3.31. The minimum atomic E-state index is -3.90. The van der Waals surface area contributed by atoms with Crippen LogP contribution in [0.15, 0.2) is 77.7 Å². The van der Waals surface area contributed by atoms with E-state index in [0.717, 1.165) is 16.7 Å². The molecule has 1 heterocycles. The Balaban J connectivity index is 1.68. The number of carbonyl (C=O) groups is 1. The monoisotopic (exact) mass is 478 g/mol. The first-order chi connectivity index (χ1) is 16.1. The highest BCUT2D eigenvalue weighted by molar-refractivity contribution is 7.92. The highest BCUT2D eigenvalue weighted by atomic mass is 32.2. The van der Waals surface area contributed by atoms with Gasteiger partial charge in [-0.05, 0) is 53.3 Å². The molecule has 0 radical (unpaired) electrons. The zero-order chi connectivity index (χ0) is 24.5. The molecule has 1 atom stereocenters. The summed E-state index contributed by atoms with van der Waals surface area (Å²) in [4.78, 5) is 13.2. The van der Waals surface area contributed by atoms with E-state index in [4.69, 9.17) is 4.74 Å². The van der Waals surface area contributed by atoms with Gasteiger partial charge in [-0.25, -0.2) is 8.42 Å². The number of aryl methyl sites for hydroxylation is 1. The third kappa shape index (κ3) is 4.80. The molecule has 7 heteroatoms. The Kier molecular flexibility index (Phi) is 6.41. The molecule has 6 nitrogen and oxygen atoms in total. The molecule has 3 aromatic carbocycles. The summed E-state index contributed by atoms with van der Waals surface area (Å²) in [5, 5.41) is 2.90. The topological polar surface area (TPSA) is 75.7 Å². The van der Waals surface area contributed by atoms with Crippen LogP contribution in [0.5, 0.6) is 5.75 Å². The number of fused-ring (bicyclic) bond motifs is 1. The van der Waals surface area contributed by atoms with Crippen molar-refractivity contribution in [3.8, 4) is 5.75 Å². The van der Waals surface area contributed by atoms with Gasteiger partial charge in [0, 0.05) is 6.54 Å². The Morgan fingerprint density at radius 2 is 1.71 bits per heavy atom. The Labute approximate surface area is 201 Å². The average molecular weight is 479 g/mol. The van der Waals surface area contributed by atoms with Crippen molar-refractivity contribution in [2.75, 3.05) is 10.8 Å². The quantitative estimate of drug-likeness (QED) is 0.583. The highest BCUT2D eigenvalue weighted by Crippen LogP contribution is 2.40. The van der Waals surface area contributed by atoms with E-state index in [0.29, 0.717) is 18.0 Å². The summed E-state index contributed by atoms with van der Waals surface area (Å²) < 4.78 is 34.6. The van der Waals surface area contributed by atoms with Crippen molar-refractivity contribution in [3.05, 3.63) is 89.5 Å². The molecule has 1 N–H and O–H groups in total. The summed E-state index contributed by atoms with van der Waals surface area (Å²) in [6, 6.07) is 21.6. The summed E-state index contributed by atoms with van der Waals surface area (Å²) >= 11 is 0. The number of nitrogens with one attached hydrogen (secondary N) is 1. The zero-order valence-corrected chi connectivity index (χ0v) is 20.7. The first kappa shape index (κ1) is 23.8. The van der Waals surface area contributed by atoms with Gasteiger partial charge in [-0.3, -0.25) is 9.10 Å². The largest absolute Gasteiger partial charge is 0.476 e. The molecule has 1 aliphatic rings. The number of hydrogen-bond acceptors (Lipinski definition) is 4. The molecule has 0 fully saturated rings. The first-order valence-electron chi connectivity index (χ1n) is 11.3. The van der Waals surface area contributed by atoms with Crippen LogP contribution in [0, 0.1) is 6.92 Å². The fourth-order valence-electron chi connectivity index (χ4n) is 3.91. The number of nitrogens with zero attached hydrogens (tertiary/aromatic N) is 1. The standard InChI is InChI=1S/C27H30N2O4S/c1-19-10-8-9-11-20(19)17-28-26(30)25-18-29(34(31,32)22-12-6-5-7-13-22)23-16-21(27(2,3)4)14-15-24(23)33-25/h5-16,25H,17-18H2,1-4H3,(H,28,30)/t25-/m1/s1. The Bertz CT molecular complexity index is 1300. The average Bonchev–Trinajstić information content (AvgIpc) is 2.82. The van der Waals surface area contributed by atoms with E-state index in [1.54, 1.807) is 36.4 Å². The predicted octanol–water partition coefficient (Wildman–Crippen LogP) is 4.57. The van der Waals surface area contributed by atoms with Crippen LogP contribution in [0.3, 0.4) is 0 Å². The molecule has 1 aliphatic heterocycles. The van der Waals surface area contributed by atoms with Crippen molar-refractivity contribution in [2.24, 2.45) is 0 Å². The minimum absolute atomic E-state index is 0.114. The van der Waals surface area contributed by atoms with E-state index in [-0.39, 0.29) is 22.8 Å². The molecule has 3 aromatic rings. The molecule has 0 bridgehead atoms. The number of hydrogen-bond donors (Lipinski definition) is 1. The van der Waals surface area contributed by atoms with Crippen LogP contribution >= 0.6 is 0 Å². The van der Waals surface area contributed by atoms with Crippen molar-refractivity contribution >= 4 is 21.6 Å². The van der Waals surface area contributed by atoms with Crippen molar-refractivity contribution in [1.29, 1.82) is 0 Å². The van der Waals surface area contributed by atoms with Gasteiger partial charge in [0.1, 0.15) is 5.75 Å². The highest BCUT2D eigenvalue weighted by Gasteiger charge is 2.38. The molecule has 0 saturated carbocycles. The molecule has 1 amide bonds. The van der Waals surface area contributed by atoms with Gasteiger partial charge >= 0.3 is 0 Å². The fourth-order valence-corrected chi connectivity index (χ4v) is 5.40. The number of sulfonamides is 1. The predicted molar refractivity (Wildman–Crippen MR) is 134 cm³/mol. The van der Waals surface area contributed by atoms with Crippen LogP contribution in [0.1, 0.15) is 37.5 Å².